The van der Waals surface area contributed by atoms with Crippen LogP contribution in [0.1, 0.15) is 60.4 Å². The average molecular weight is 1160 g/mol. The number of esters is 2. The molecule has 9 rings (SSSR count). The van der Waals surface area contributed by atoms with Gasteiger partial charge in [-0.25, -0.2) is 19.7 Å². The molecule has 420 valence electrons. The number of nitrogens with zero attached hydrogens (tertiary/aromatic N) is 5. The number of amides is 3. The van der Waals surface area contributed by atoms with Gasteiger partial charge in [-0.1, -0.05) is 169 Å². The van der Waals surface area contributed by atoms with Crippen LogP contribution < -0.4 is 32.8 Å². The van der Waals surface area contributed by atoms with E-state index in [2.05, 4.69) is 31.3 Å². The number of H-pyrrole nitrogens is 1. The van der Waals surface area contributed by atoms with Crippen LogP contribution in [0, 0.1) is 0 Å². The maximum absolute atomic E-state index is 14.9. The molecule has 2 aliphatic rings. The van der Waals surface area contributed by atoms with E-state index in [4.69, 9.17) is 25.0 Å². The van der Waals surface area contributed by atoms with Crippen LogP contribution in [0.2, 0.25) is 0 Å². The third kappa shape index (κ3) is 12.8. The topological polar surface area (TPSA) is 271 Å². The Kier molecular flexibility index (Phi) is 18.1. The Hall–Kier alpha value is -8.90. The smallest absolute Gasteiger partial charge is 0.356 e. The van der Waals surface area contributed by atoms with Gasteiger partial charge in [-0.15, -0.1) is 28.2 Å². The first kappa shape index (κ1) is 57.8. The second-order valence-electron chi connectivity index (χ2n) is 19.5. The number of aromatic amines is 1. The molecule has 7 aromatic rings. The summed E-state index contributed by atoms with van der Waals surface area (Å²) in [4.78, 5) is 106. The molecular weight excluding hydrogens is 1100 g/mol. The number of allylic oxidation sites excluding steroid dienone is 1. The summed E-state index contributed by atoms with van der Waals surface area (Å²) >= 11 is 3.43. The molecule has 3 amide bonds. The van der Waals surface area contributed by atoms with Gasteiger partial charge in [-0.3, -0.25) is 33.4 Å². The number of aromatic nitrogens is 4. The van der Waals surface area contributed by atoms with E-state index >= 15 is 0 Å². The number of hydrogen-bond acceptors (Lipinski definition) is 18. The molecular formula is C59H56N10O10S3. The van der Waals surface area contributed by atoms with Crippen molar-refractivity contribution in [3.63, 3.8) is 0 Å². The lowest BCUT2D eigenvalue weighted by Crippen LogP contribution is -2.71. The highest BCUT2D eigenvalue weighted by molar-refractivity contribution is 8.02. The second-order valence-corrected chi connectivity index (χ2v) is 22.3. The fourth-order valence-electron chi connectivity index (χ4n) is 9.15. The van der Waals surface area contributed by atoms with Gasteiger partial charge in [0.2, 0.25) is 5.91 Å². The van der Waals surface area contributed by atoms with Gasteiger partial charge >= 0.3 is 23.1 Å². The molecule has 23 heteroatoms. The fourth-order valence-corrected chi connectivity index (χ4v) is 12.0. The summed E-state index contributed by atoms with van der Waals surface area (Å²) < 4.78 is 12.6. The first-order valence-corrected chi connectivity index (χ1v) is 28.5. The molecule has 1 fully saturated rings. The van der Waals surface area contributed by atoms with Crippen molar-refractivity contribution in [2.45, 2.75) is 67.2 Å². The first-order chi connectivity index (χ1) is 39.6. The maximum Gasteiger partial charge on any atom is 0.356 e. The molecule has 6 N–H and O–H groups in total. The second kappa shape index (κ2) is 25.7. The lowest BCUT2D eigenvalue weighted by atomic mass is 9.77. The quantitative estimate of drug-likeness (QED) is 0.00781. The zero-order chi connectivity index (χ0) is 58.0. The summed E-state index contributed by atoms with van der Waals surface area (Å²) in [5, 5.41) is 22.2. The van der Waals surface area contributed by atoms with Gasteiger partial charge in [0.1, 0.15) is 41.1 Å². The normalized spacial score (nSPS) is 15.8. The number of ether oxygens (including phenoxy) is 2. The van der Waals surface area contributed by atoms with E-state index in [9.17, 15) is 33.6 Å². The lowest BCUT2D eigenvalue weighted by Gasteiger charge is -2.49. The summed E-state index contributed by atoms with van der Waals surface area (Å²) in [6.07, 6.45) is 0.663. The maximum atomic E-state index is 14.9. The molecule has 4 heterocycles. The SMILES string of the molecule is CON=C(C(=O)NC1C(=O)N2C(C(=O)OC(c3ccccc3)c3ccccc3)=C(C=CSc3n[nH]c(=O)c(=O)n3CCNC(=O)C(N)C(=O)OC(C)(C)C)CSC12)c1csc(NC(c2ccccc2)(c2ccccc2)c2ccccc2)n1. The number of thiazole rings is 1. The van der Waals surface area contributed by atoms with Gasteiger partial charge in [0, 0.05) is 24.2 Å². The third-order valence-corrected chi connectivity index (χ3v) is 15.8. The van der Waals surface area contributed by atoms with Crippen molar-refractivity contribution in [3.8, 4) is 0 Å². The largest absolute Gasteiger partial charge is 0.458 e. The fraction of sp³-hybridized carbons (Fsp3) is 0.220. The summed E-state index contributed by atoms with van der Waals surface area (Å²) in [5.74, 6) is -3.90. The van der Waals surface area contributed by atoms with Crippen LogP contribution in [0.5, 0.6) is 0 Å². The molecule has 3 unspecified atom stereocenters. The Morgan fingerprint density at radius 1 is 0.841 bits per heavy atom. The van der Waals surface area contributed by atoms with Crippen molar-refractivity contribution >= 4 is 75.4 Å². The minimum absolute atomic E-state index is 0.00641. The Labute approximate surface area is 483 Å². The van der Waals surface area contributed by atoms with Crippen LogP contribution in [0.3, 0.4) is 0 Å². The molecule has 0 saturated carbocycles. The first-order valence-electron chi connectivity index (χ1n) is 25.7. The molecule has 0 spiro atoms. The molecule has 2 aliphatic heterocycles. The average Bonchev–Trinajstić information content (AvgIpc) is 3.03. The van der Waals surface area contributed by atoms with Gasteiger partial charge in [0.05, 0.1) is 0 Å². The van der Waals surface area contributed by atoms with E-state index in [1.54, 1.807) is 32.2 Å². The van der Waals surface area contributed by atoms with Crippen LogP contribution in [0.4, 0.5) is 5.13 Å². The highest BCUT2D eigenvalue weighted by Gasteiger charge is 2.55. The molecule has 0 bridgehead atoms. The number of β-lactam (4-membered cyclic amide) rings is 1. The number of rotatable bonds is 21. The number of benzene rings is 5. The van der Waals surface area contributed by atoms with Crippen molar-refractivity contribution < 1.29 is 38.3 Å². The van der Waals surface area contributed by atoms with Gasteiger partial charge in [-0.05, 0) is 65.6 Å². The van der Waals surface area contributed by atoms with Gasteiger partial charge < -0.3 is 36.0 Å². The number of carbonyl (C=O) groups is 5. The number of nitrogens with two attached hydrogens (primary N) is 1. The Balaban J connectivity index is 0.977. The van der Waals surface area contributed by atoms with E-state index in [0.29, 0.717) is 21.8 Å². The van der Waals surface area contributed by atoms with E-state index in [1.165, 1.54) is 40.5 Å². The van der Waals surface area contributed by atoms with E-state index in [1.807, 2.05) is 152 Å². The minimum Gasteiger partial charge on any atom is -0.458 e. The highest BCUT2D eigenvalue weighted by atomic mass is 32.2. The predicted octanol–water partition coefficient (Wildman–Crippen LogP) is 6.22. The number of oxime groups is 1. The number of carbonyl (C=O) groups excluding carboxylic acids is 5. The van der Waals surface area contributed by atoms with Crippen LogP contribution in [0.15, 0.2) is 200 Å². The number of thioether (sulfide) groups is 2. The van der Waals surface area contributed by atoms with E-state index in [0.717, 1.165) is 33.0 Å². The molecule has 0 aliphatic carbocycles. The van der Waals surface area contributed by atoms with Crippen molar-refractivity contribution in [1.82, 2.24) is 35.3 Å². The molecule has 2 aromatic heterocycles. The number of anilines is 1. The van der Waals surface area contributed by atoms with Crippen molar-refractivity contribution in [1.29, 1.82) is 0 Å². The molecule has 20 nitrogen and oxygen atoms in total. The van der Waals surface area contributed by atoms with Crippen molar-refractivity contribution in [2.75, 3.05) is 24.7 Å². The Bertz CT molecular complexity index is 3530. The van der Waals surface area contributed by atoms with Gasteiger partial charge in [0.25, 0.3) is 11.8 Å². The van der Waals surface area contributed by atoms with Crippen molar-refractivity contribution in [3.05, 3.63) is 234 Å². The zero-order valence-corrected chi connectivity index (χ0v) is 47.2. The molecule has 3 atom stereocenters. The number of fused-ring (bicyclic) bond motifs is 1. The summed E-state index contributed by atoms with van der Waals surface area (Å²) in [7, 11) is 1.30. The Morgan fingerprint density at radius 2 is 1.40 bits per heavy atom. The third-order valence-electron chi connectivity index (χ3n) is 12.9. The molecule has 1 saturated heterocycles. The molecule has 82 heavy (non-hydrogen) atoms. The van der Waals surface area contributed by atoms with E-state index in [-0.39, 0.29) is 41.1 Å². The lowest BCUT2D eigenvalue weighted by molar-refractivity contribution is -0.158. The molecule has 5 aromatic carbocycles. The van der Waals surface area contributed by atoms with Crippen LogP contribution in [-0.4, -0.2) is 102 Å². The summed E-state index contributed by atoms with van der Waals surface area (Å²) in [5.41, 5.74) is 6.36. The highest BCUT2D eigenvalue weighted by Crippen LogP contribution is 2.43. The minimum atomic E-state index is -1.65. The number of hydrogen-bond donors (Lipinski definition) is 5. The van der Waals surface area contributed by atoms with Gasteiger partial charge in [-0.2, -0.15) is 0 Å². The number of nitrogens with one attached hydrogen (secondary N) is 4. The zero-order valence-electron chi connectivity index (χ0n) is 44.7. The van der Waals surface area contributed by atoms with Crippen LogP contribution >= 0.6 is 34.9 Å². The van der Waals surface area contributed by atoms with Gasteiger partial charge in [0.15, 0.2) is 28.1 Å². The standard InChI is InChI=1S/C59H56N10O10S3/c1-58(2,3)79-54(75)43(60)48(70)61-31-32-68-52(74)50(72)65-66-57(68)80-33-30-38-34-81-53-45(51(73)69(53)46(38)55(76)78-47(36-20-10-5-11-21-36)37-22-12-6-13-23-37)63-49(71)44(67-77-4)42-35-82-56(62-42)64-59(39-24-14-7-15-25-39,40-26-16-8-17-27-40)41-28-18-9-19-29-41/h5-30,33,35,43,45,47,53H,31-32,34,60H2,1-4H3,(H,61,70)(H,62,64)(H,63,71)(H,65,72). The van der Waals surface area contributed by atoms with Crippen LogP contribution in [-0.2, 0) is 50.4 Å². The van der Waals surface area contributed by atoms with Crippen molar-refractivity contribution in [2.24, 2.45) is 10.9 Å². The summed E-state index contributed by atoms with van der Waals surface area (Å²) in [6, 6.07) is 45.3. The van der Waals surface area contributed by atoms with Crippen LogP contribution in [0.25, 0.3) is 0 Å². The molecule has 0 radical (unpaired) electrons. The predicted molar refractivity (Wildman–Crippen MR) is 312 cm³/mol. The monoisotopic (exact) mass is 1160 g/mol. The van der Waals surface area contributed by atoms with E-state index < -0.39 is 75.5 Å². The Morgan fingerprint density at radius 3 is 1.95 bits per heavy atom. The summed E-state index contributed by atoms with van der Waals surface area (Å²) in [6.45, 7) is 4.40.